The van der Waals surface area contributed by atoms with E-state index in [9.17, 15) is 9.90 Å². The zero-order valence-electron chi connectivity index (χ0n) is 8.47. The maximum Gasteiger partial charge on any atom is 0.216 e. The Morgan fingerprint density at radius 2 is 2.38 bits per heavy atom. The molecule has 0 aliphatic heterocycles. The van der Waals surface area contributed by atoms with E-state index in [-0.39, 0.29) is 5.91 Å². The highest BCUT2D eigenvalue weighted by Gasteiger charge is 2.32. The van der Waals surface area contributed by atoms with Crippen molar-refractivity contribution in [3.8, 4) is 0 Å². The highest BCUT2D eigenvalue weighted by Crippen LogP contribution is 2.31. The lowest BCUT2D eigenvalue weighted by Crippen LogP contribution is -2.45. The summed E-state index contributed by atoms with van der Waals surface area (Å²) in [7, 11) is 0. The summed E-state index contributed by atoms with van der Waals surface area (Å²) in [5.74, 6) is 0.513. The Balaban J connectivity index is 2.39. The van der Waals surface area contributed by atoms with Gasteiger partial charge in [-0.05, 0) is 18.8 Å². The second-order valence-electron chi connectivity index (χ2n) is 4.34. The molecule has 76 valence electrons. The first kappa shape index (κ1) is 10.5. The second kappa shape index (κ2) is 4.09. The average molecular weight is 185 g/mol. The van der Waals surface area contributed by atoms with Crippen LogP contribution in [0.1, 0.15) is 39.5 Å². The third-order valence-corrected chi connectivity index (χ3v) is 2.73. The lowest BCUT2D eigenvalue weighted by molar-refractivity contribution is -0.120. The summed E-state index contributed by atoms with van der Waals surface area (Å²) in [5, 5.41) is 12.8. The lowest BCUT2D eigenvalue weighted by atomic mass is 9.79. The van der Waals surface area contributed by atoms with E-state index < -0.39 is 5.60 Å². The zero-order chi connectivity index (χ0) is 9.90. The van der Waals surface area contributed by atoms with E-state index in [0.717, 1.165) is 19.3 Å². The number of amides is 1. The molecule has 1 aliphatic rings. The largest absolute Gasteiger partial charge is 0.388 e. The smallest absolute Gasteiger partial charge is 0.216 e. The molecule has 0 aromatic heterocycles. The van der Waals surface area contributed by atoms with Gasteiger partial charge in [0.05, 0.1) is 5.60 Å². The van der Waals surface area contributed by atoms with E-state index in [1.807, 2.05) is 0 Å². The molecule has 3 nitrogen and oxygen atoms in total. The van der Waals surface area contributed by atoms with Crippen molar-refractivity contribution in [1.82, 2.24) is 5.32 Å². The normalized spacial score (nSPS) is 34.2. The molecule has 0 aromatic rings. The molecule has 1 saturated carbocycles. The standard InChI is InChI=1S/C10H19NO2/c1-8-4-3-5-10(13,6-8)7-11-9(2)12/h8,13H,3-7H2,1-2H3,(H,11,12)/t8-,10+/m1/s1. The number of rotatable bonds is 2. The van der Waals surface area contributed by atoms with Gasteiger partial charge in [0.1, 0.15) is 0 Å². The van der Waals surface area contributed by atoms with Gasteiger partial charge in [0.25, 0.3) is 0 Å². The van der Waals surface area contributed by atoms with E-state index in [1.54, 1.807) is 0 Å². The fourth-order valence-electron chi connectivity index (χ4n) is 2.08. The third kappa shape index (κ3) is 3.35. The van der Waals surface area contributed by atoms with E-state index in [0.29, 0.717) is 12.5 Å². The predicted octanol–water partition coefficient (Wildman–Crippen LogP) is 1.06. The van der Waals surface area contributed by atoms with E-state index in [2.05, 4.69) is 12.2 Å². The van der Waals surface area contributed by atoms with Crippen molar-refractivity contribution in [2.75, 3.05) is 6.54 Å². The molecule has 0 unspecified atom stereocenters. The van der Waals surface area contributed by atoms with Crippen LogP contribution in [0.25, 0.3) is 0 Å². The number of carbonyl (C=O) groups excluding carboxylic acids is 1. The van der Waals surface area contributed by atoms with Crippen LogP contribution in [0, 0.1) is 5.92 Å². The minimum atomic E-state index is -0.649. The molecule has 2 atom stereocenters. The Labute approximate surface area is 79.5 Å². The molecule has 2 N–H and O–H groups in total. The van der Waals surface area contributed by atoms with Crippen LogP contribution in [0.3, 0.4) is 0 Å². The number of carbonyl (C=O) groups is 1. The number of hydrogen-bond donors (Lipinski definition) is 2. The topological polar surface area (TPSA) is 49.3 Å². The van der Waals surface area contributed by atoms with Gasteiger partial charge in [-0.25, -0.2) is 0 Å². The van der Waals surface area contributed by atoms with Crippen molar-refractivity contribution in [3.05, 3.63) is 0 Å². The highest BCUT2D eigenvalue weighted by molar-refractivity contribution is 5.72. The molecule has 0 radical (unpaired) electrons. The summed E-state index contributed by atoms with van der Waals surface area (Å²) in [6.45, 7) is 4.04. The van der Waals surface area contributed by atoms with Gasteiger partial charge in [-0.15, -0.1) is 0 Å². The first-order valence-electron chi connectivity index (χ1n) is 4.99. The highest BCUT2D eigenvalue weighted by atomic mass is 16.3. The molecule has 0 aromatic carbocycles. The Kier molecular flexibility index (Phi) is 3.31. The van der Waals surface area contributed by atoms with Gasteiger partial charge in [-0.2, -0.15) is 0 Å². The van der Waals surface area contributed by atoms with Gasteiger partial charge < -0.3 is 10.4 Å². The van der Waals surface area contributed by atoms with E-state index >= 15 is 0 Å². The summed E-state index contributed by atoms with van der Waals surface area (Å²) in [6, 6.07) is 0. The molecular formula is C10H19NO2. The van der Waals surface area contributed by atoms with E-state index in [4.69, 9.17) is 0 Å². The second-order valence-corrected chi connectivity index (χ2v) is 4.34. The van der Waals surface area contributed by atoms with Crippen LogP contribution in [0.15, 0.2) is 0 Å². The minimum Gasteiger partial charge on any atom is -0.388 e. The minimum absolute atomic E-state index is 0.0633. The Morgan fingerprint density at radius 3 is 2.92 bits per heavy atom. The van der Waals surface area contributed by atoms with Crippen molar-refractivity contribution in [1.29, 1.82) is 0 Å². The van der Waals surface area contributed by atoms with Crippen LogP contribution >= 0.6 is 0 Å². The van der Waals surface area contributed by atoms with Gasteiger partial charge in [-0.1, -0.05) is 19.8 Å². The van der Waals surface area contributed by atoms with Gasteiger partial charge in [-0.3, -0.25) is 4.79 Å². The fourth-order valence-corrected chi connectivity index (χ4v) is 2.08. The molecule has 3 heteroatoms. The molecular weight excluding hydrogens is 166 g/mol. The lowest BCUT2D eigenvalue weighted by Gasteiger charge is -2.35. The van der Waals surface area contributed by atoms with Crippen LogP contribution in [0.5, 0.6) is 0 Å². The van der Waals surface area contributed by atoms with Crippen molar-refractivity contribution in [2.24, 2.45) is 5.92 Å². The van der Waals surface area contributed by atoms with Crippen molar-refractivity contribution in [2.45, 2.75) is 45.1 Å². The maximum absolute atomic E-state index is 10.7. The Bertz CT molecular complexity index is 193. The summed E-state index contributed by atoms with van der Waals surface area (Å²) >= 11 is 0. The molecule has 1 amide bonds. The molecule has 0 bridgehead atoms. The maximum atomic E-state index is 10.7. The van der Waals surface area contributed by atoms with Crippen molar-refractivity contribution in [3.63, 3.8) is 0 Å². The quantitative estimate of drug-likeness (QED) is 0.676. The van der Waals surface area contributed by atoms with Gasteiger partial charge in [0.15, 0.2) is 0 Å². The average Bonchev–Trinajstić information content (AvgIpc) is 2.01. The van der Waals surface area contributed by atoms with Crippen LogP contribution in [0.2, 0.25) is 0 Å². The van der Waals surface area contributed by atoms with Crippen molar-refractivity contribution >= 4 is 5.91 Å². The van der Waals surface area contributed by atoms with Gasteiger partial charge >= 0.3 is 0 Å². The van der Waals surface area contributed by atoms with Crippen LogP contribution in [0.4, 0.5) is 0 Å². The summed E-state index contributed by atoms with van der Waals surface area (Å²) < 4.78 is 0. The molecule has 0 heterocycles. The Morgan fingerprint density at radius 1 is 1.69 bits per heavy atom. The van der Waals surface area contributed by atoms with Crippen LogP contribution < -0.4 is 5.32 Å². The van der Waals surface area contributed by atoms with Gasteiger partial charge in [0.2, 0.25) is 5.91 Å². The van der Waals surface area contributed by atoms with Crippen molar-refractivity contribution < 1.29 is 9.90 Å². The Hall–Kier alpha value is -0.570. The SMILES string of the molecule is CC(=O)NC[C@]1(O)CCC[C@@H](C)C1. The fraction of sp³-hybridized carbons (Fsp3) is 0.900. The van der Waals surface area contributed by atoms with Crippen LogP contribution in [-0.2, 0) is 4.79 Å². The van der Waals surface area contributed by atoms with Gasteiger partial charge in [0, 0.05) is 13.5 Å². The monoisotopic (exact) mass is 185 g/mol. The predicted molar refractivity (Wildman–Crippen MR) is 51.3 cm³/mol. The first-order chi connectivity index (χ1) is 6.02. The number of aliphatic hydroxyl groups is 1. The summed E-state index contributed by atoms with van der Waals surface area (Å²) in [5.41, 5.74) is -0.649. The van der Waals surface area contributed by atoms with Crippen LogP contribution in [-0.4, -0.2) is 23.2 Å². The molecule has 0 saturated heterocycles. The molecule has 1 aliphatic carbocycles. The zero-order valence-corrected chi connectivity index (χ0v) is 8.47. The molecule has 0 spiro atoms. The van der Waals surface area contributed by atoms with E-state index in [1.165, 1.54) is 13.3 Å². The first-order valence-corrected chi connectivity index (χ1v) is 4.99. The summed E-state index contributed by atoms with van der Waals surface area (Å²) in [6.07, 6.45) is 3.89. The molecule has 13 heavy (non-hydrogen) atoms. The molecule has 1 fully saturated rings. The summed E-state index contributed by atoms with van der Waals surface area (Å²) in [4.78, 5) is 10.7. The number of hydrogen-bond acceptors (Lipinski definition) is 2. The third-order valence-electron chi connectivity index (χ3n) is 2.73. The molecule has 1 rings (SSSR count). The number of nitrogens with one attached hydrogen (secondary N) is 1.